The number of benzene rings is 1. The average molecular weight is 384 g/mol. The molecule has 1 unspecified atom stereocenters. The van der Waals surface area contributed by atoms with Crippen molar-refractivity contribution >= 4 is 27.6 Å². The first kappa shape index (κ1) is 20.1. The van der Waals surface area contributed by atoms with Crippen molar-refractivity contribution in [2.45, 2.75) is 42.6 Å². The van der Waals surface area contributed by atoms with Gasteiger partial charge in [0.25, 0.3) is 0 Å². The topological polar surface area (TPSA) is 61.8 Å². The van der Waals surface area contributed by atoms with Crippen molar-refractivity contribution in [3.63, 3.8) is 0 Å². The number of rotatable bonds is 5. The van der Waals surface area contributed by atoms with Crippen LogP contribution in [0.4, 0.5) is 0 Å². The summed E-state index contributed by atoms with van der Waals surface area (Å²) < 4.78 is 23.7. The van der Waals surface area contributed by atoms with Crippen molar-refractivity contribution in [1.82, 2.24) is 10.2 Å². The second-order valence-corrected chi connectivity index (χ2v) is 11.2. The van der Waals surface area contributed by atoms with Crippen LogP contribution in [0.1, 0.15) is 27.7 Å². The Kier molecular flexibility index (Phi) is 6.79. The van der Waals surface area contributed by atoms with Gasteiger partial charge in [0, 0.05) is 29.8 Å². The second kappa shape index (κ2) is 8.45. The molecule has 1 aliphatic rings. The lowest BCUT2D eigenvalue weighted by Gasteiger charge is -2.39. The highest BCUT2D eigenvalue weighted by molar-refractivity contribution is 8.00. The molecule has 25 heavy (non-hydrogen) atoms. The van der Waals surface area contributed by atoms with Gasteiger partial charge in [-0.15, -0.1) is 11.8 Å². The van der Waals surface area contributed by atoms with Crippen molar-refractivity contribution in [3.8, 4) is 0 Å². The predicted molar refractivity (Wildman–Crippen MR) is 107 cm³/mol. The largest absolute Gasteiger partial charge is 0.357 e. The smallest absolute Gasteiger partial charge is 0.194 e. The predicted octanol–water partition coefficient (Wildman–Crippen LogP) is 2.64. The van der Waals surface area contributed by atoms with E-state index < -0.39 is 14.6 Å². The minimum Gasteiger partial charge on any atom is -0.357 e. The summed E-state index contributed by atoms with van der Waals surface area (Å²) in [5.41, 5.74) is 0. The maximum absolute atomic E-state index is 12.2. The number of thioether (sulfide) groups is 1. The van der Waals surface area contributed by atoms with Crippen LogP contribution in [0.25, 0.3) is 0 Å². The Morgan fingerprint density at radius 3 is 2.64 bits per heavy atom. The van der Waals surface area contributed by atoms with Gasteiger partial charge in [0.2, 0.25) is 0 Å². The van der Waals surface area contributed by atoms with Gasteiger partial charge in [-0.2, -0.15) is 0 Å². The van der Waals surface area contributed by atoms with Crippen LogP contribution in [0.3, 0.4) is 0 Å². The molecule has 1 heterocycles. The molecule has 0 amide bonds. The van der Waals surface area contributed by atoms with Gasteiger partial charge in [0.1, 0.15) is 0 Å². The van der Waals surface area contributed by atoms with Gasteiger partial charge in [-0.3, -0.25) is 4.99 Å². The molecule has 2 rings (SSSR count). The number of nitrogens with zero attached hydrogens (tertiary/aromatic N) is 2. The number of nitrogens with one attached hydrogen (secondary N) is 1. The van der Waals surface area contributed by atoms with Crippen LogP contribution in [0.5, 0.6) is 0 Å². The molecule has 1 saturated heterocycles. The summed E-state index contributed by atoms with van der Waals surface area (Å²) in [7, 11) is -3.04. The SMILES string of the molecule is CCNC(=NCC(C)Sc1ccccc1)N1CCS(=O)(=O)C(C)(C)C1. The fourth-order valence-electron chi connectivity index (χ4n) is 2.73. The molecule has 0 bridgehead atoms. The molecule has 1 aromatic rings. The van der Waals surface area contributed by atoms with E-state index in [1.807, 2.05) is 25.1 Å². The van der Waals surface area contributed by atoms with E-state index in [1.165, 1.54) is 4.90 Å². The fourth-order valence-corrected chi connectivity index (χ4v) is 5.03. The summed E-state index contributed by atoms with van der Waals surface area (Å²) in [5, 5.41) is 3.65. The Bertz CT molecular complexity index is 688. The summed E-state index contributed by atoms with van der Waals surface area (Å²) in [5.74, 6) is 0.990. The summed E-state index contributed by atoms with van der Waals surface area (Å²) in [6.45, 7) is 10.2. The zero-order valence-electron chi connectivity index (χ0n) is 15.5. The minimum absolute atomic E-state index is 0.179. The van der Waals surface area contributed by atoms with Gasteiger partial charge < -0.3 is 10.2 Å². The monoisotopic (exact) mass is 383 g/mol. The lowest BCUT2D eigenvalue weighted by Crippen LogP contribution is -2.57. The number of hydrogen-bond donors (Lipinski definition) is 1. The quantitative estimate of drug-likeness (QED) is 0.481. The van der Waals surface area contributed by atoms with Crippen LogP contribution < -0.4 is 5.32 Å². The first-order valence-corrected chi connectivity index (χ1v) is 11.3. The molecule has 1 N–H and O–H groups in total. The maximum atomic E-state index is 12.2. The van der Waals surface area contributed by atoms with Crippen LogP contribution in [0.15, 0.2) is 40.2 Å². The van der Waals surface area contributed by atoms with E-state index in [4.69, 9.17) is 4.99 Å². The lowest BCUT2D eigenvalue weighted by molar-refractivity contribution is 0.353. The minimum atomic E-state index is -3.04. The first-order valence-electron chi connectivity index (χ1n) is 8.72. The summed E-state index contributed by atoms with van der Waals surface area (Å²) in [6.07, 6.45) is 0. The third-order valence-corrected chi connectivity index (χ3v) is 7.89. The summed E-state index contributed by atoms with van der Waals surface area (Å²) in [4.78, 5) is 8.07. The fraction of sp³-hybridized carbons (Fsp3) is 0.611. The molecule has 7 heteroatoms. The number of hydrogen-bond acceptors (Lipinski definition) is 4. The molecular weight excluding hydrogens is 354 g/mol. The zero-order chi connectivity index (χ0) is 18.5. The van der Waals surface area contributed by atoms with Crippen LogP contribution >= 0.6 is 11.8 Å². The standard InChI is InChI=1S/C18H29N3O2S2/c1-5-19-17(21-11-12-25(22,23)18(3,4)14-21)20-13-15(2)24-16-9-7-6-8-10-16/h6-10,15H,5,11-14H2,1-4H3,(H,19,20). The van der Waals surface area contributed by atoms with Crippen molar-refractivity contribution < 1.29 is 8.42 Å². The Hall–Kier alpha value is -1.21. The van der Waals surface area contributed by atoms with E-state index in [2.05, 4.69) is 29.3 Å². The van der Waals surface area contributed by atoms with Crippen molar-refractivity contribution in [2.24, 2.45) is 4.99 Å². The highest BCUT2D eigenvalue weighted by atomic mass is 32.2. The molecule has 1 aromatic carbocycles. The van der Waals surface area contributed by atoms with Gasteiger partial charge in [-0.05, 0) is 32.9 Å². The number of aliphatic imine (C=N–C) groups is 1. The van der Waals surface area contributed by atoms with E-state index in [-0.39, 0.29) is 5.75 Å². The van der Waals surface area contributed by atoms with Crippen molar-refractivity contribution in [3.05, 3.63) is 30.3 Å². The average Bonchev–Trinajstić information content (AvgIpc) is 2.55. The van der Waals surface area contributed by atoms with Gasteiger partial charge in [-0.1, -0.05) is 25.1 Å². The van der Waals surface area contributed by atoms with E-state index in [9.17, 15) is 8.42 Å². The molecule has 1 atom stereocenters. The van der Waals surface area contributed by atoms with Gasteiger partial charge in [0.15, 0.2) is 15.8 Å². The second-order valence-electron chi connectivity index (χ2n) is 6.94. The summed E-state index contributed by atoms with van der Waals surface area (Å²) in [6, 6.07) is 10.3. The van der Waals surface area contributed by atoms with E-state index in [1.54, 1.807) is 25.6 Å². The molecule has 140 valence electrons. The molecular formula is C18H29N3O2S2. The number of guanidine groups is 1. The molecule has 1 fully saturated rings. The molecule has 0 saturated carbocycles. The molecule has 0 radical (unpaired) electrons. The number of sulfone groups is 1. The van der Waals surface area contributed by atoms with Crippen molar-refractivity contribution in [2.75, 3.05) is 31.9 Å². The molecule has 0 aliphatic carbocycles. The Morgan fingerprint density at radius 2 is 2.04 bits per heavy atom. The lowest BCUT2D eigenvalue weighted by atomic mass is 10.2. The Morgan fingerprint density at radius 1 is 1.36 bits per heavy atom. The molecule has 5 nitrogen and oxygen atoms in total. The van der Waals surface area contributed by atoms with Crippen LogP contribution in [0, 0.1) is 0 Å². The maximum Gasteiger partial charge on any atom is 0.194 e. The van der Waals surface area contributed by atoms with Gasteiger partial charge in [-0.25, -0.2) is 8.42 Å². The van der Waals surface area contributed by atoms with E-state index >= 15 is 0 Å². The first-order chi connectivity index (χ1) is 11.7. The molecule has 1 aliphatic heterocycles. The summed E-state index contributed by atoms with van der Waals surface area (Å²) >= 11 is 1.80. The highest BCUT2D eigenvalue weighted by Crippen LogP contribution is 2.25. The Labute approximate surface area is 156 Å². The van der Waals surface area contributed by atoms with Gasteiger partial charge >= 0.3 is 0 Å². The molecule has 0 spiro atoms. The third kappa shape index (κ3) is 5.38. The van der Waals surface area contributed by atoms with Crippen LogP contribution in [0.2, 0.25) is 0 Å². The van der Waals surface area contributed by atoms with E-state index in [0.29, 0.717) is 24.9 Å². The Balaban J connectivity index is 2.03. The normalized spacial score (nSPS) is 21.0. The van der Waals surface area contributed by atoms with Crippen LogP contribution in [-0.2, 0) is 9.84 Å². The van der Waals surface area contributed by atoms with Crippen LogP contribution in [-0.4, -0.2) is 61.2 Å². The zero-order valence-corrected chi connectivity index (χ0v) is 17.2. The molecule has 0 aromatic heterocycles. The highest BCUT2D eigenvalue weighted by Gasteiger charge is 2.40. The third-order valence-electron chi connectivity index (χ3n) is 4.26. The van der Waals surface area contributed by atoms with E-state index in [0.717, 1.165) is 12.5 Å². The van der Waals surface area contributed by atoms with Gasteiger partial charge in [0.05, 0.1) is 17.0 Å². The van der Waals surface area contributed by atoms with Crippen molar-refractivity contribution in [1.29, 1.82) is 0 Å².